The van der Waals surface area contributed by atoms with Crippen LogP contribution in [0.1, 0.15) is 19.8 Å². The van der Waals surface area contributed by atoms with Gasteiger partial charge in [0.1, 0.15) is 0 Å². The zero-order chi connectivity index (χ0) is 7.98. The van der Waals surface area contributed by atoms with Crippen molar-refractivity contribution in [3.05, 3.63) is 11.6 Å². The Labute approximate surface area is 60.0 Å². The Morgan fingerprint density at radius 3 is 2.50 bits per heavy atom. The van der Waals surface area contributed by atoms with Gasteiger partial charge in [-0.25, -0.2) is 4.79 Å². The van der Waals surface area contributed by atoms with Gasteiger partial charge >= 0.3 is 5.97 Å². The highest BCUT2D eigenvalue weighted by molar-refractivity contribution is 5.86. The van der Waals surface area contributed by atoms with Gasteiger partial charge in [0.05, 0.1) is 12.2 Å². The Hall–Kier alpha value is -0.830. The average Bonchev–Trinajstić information content (AvgIpc) is 1.89. The van der Waals surface area contributed by atoms with E-state index in [4.69, 9.17) is 10.2 Å². The minimum atomic E-state index is -1.03. The van der Waals surface area contributed by atoms with Gasteiger partial charge in [-0.1, -0.05) is 19.4 Å². The lowest BCUT2D eigenvalue weighted by molar-refractivity contribution is -0.133. The average molecular weight is 144 g/mol. The number of aliphatic hydroxyl groups is 1. The van der Waals surface area contributed by atoms with Crippen LogP contribution in [0.4, 0.5) is 0 Å². The molecule has 0 heterocycles. The van der Waals surface area contributed by atoms with E-state index in [1.165, 1.54) is 0 Å². The zero-order valence-electron chi connectivity index (χ0n) is 6.00. The molecule has 0 atom stereocenters. The number of allylic oxidation sites excluding steroid dienone is 1. The minimum absolute atomic E-state index is 0.0850. The second kappa shape index (κ2) is 4.99. The first-order valence-electron chi connectivity index (χ1n) is 3.25. The first-order chi connectivity index (χ1) is 4.72. The topological polar surface area (TPSA) is 57.5 Å². The van der Waals surface area contributed by atoms with Crippen molar-refractivity contribution in [1.82, 2.24) is 0 Å². The summed E-state index contributed by atoms with van der Waals surface area (Å²) in [5.74, 6) is -1.03. The molecule has 0 aromatic carbocycles. The number of unbranched alkanes of at least 4 members (excludes halogenated alkanes) is 1. The molecule has 0 aliphatic rings. The molecule has 3 nitrogen and oxygen atoms in total. The molecular formula is C7H12O3. The number of hydrogen-bond acceptors (Lipinski definition) is 2. The molecule has 3 heteroatoms. The third-order valence-corrected chi connectivity index (χ3v) is 1.12. The molecule has 0 spiro atoms. The lowest BCUT2D eigenvalue weighted by atomic mass is 10.2. The number of carboxylic acids is 1. The van der Waals surface area contributed by atoms with E-state index in [1.54, 1.807) is 6.08 Å². The van der Waals surface area contributed by atoms with E-state index in [9.17, 15) is 4.79 Å². The maximum absolute atomic E-state index is 10.2. The molecule has 0 bridgehead atoms. The molecule has 2 N–H and O–H groups in total. The van der Waals surface area contributed by atoms with E-state index in [2.05, 4.69) is 0 Å². The molecule has 10 heavy (non-hydrogen) atoms. The van der Waals surface area contributed by atoms with E-state index in [1.807, 2.05) is 6.92 Å². The summed E-state index contributed by atoms with van der Waals surface area (Å²) < 4.78 is 0. The van der Waals surface area contributed by atoms with Crippen LogP contribution in [-0.2, 0) is 4.79 Å². The molecule has 0 unspecified atom stereocenters. The maximum atomic E-state index is 10.2. The number of rotatable bonds is 4. The quantitative estimate of drug-likeness (QED) is 0.573. The molecule has 0 saturated carbocycles. The van der Waals surface area contributed by atoms with Crippen molar-refractivity contribution in [3.63, 3.8) is 0 Å². The molecule has 0 fully saturated rings. The van der Waals surface area contributed by atoms with Crippen LogP contribution >= 0.6 is 0 Å². The number of aliphatic hydroxyl groups excluding tert-OH is 1. The number of carbonyl (C=O) groups is 1. The summed E-state index contributed by atoms with van der Waals surface area (Å²) in [5.41, 5.74) is 0.0850. The van der Waals surface area contributed by atoms with Crippen LogP contribution in [-0.4, -0.2) is 22.8 Å². The van der Waals surface area contributed by atoms with Crippen LogP contribution in [0.15, 0.2) is 11.6 Å². The van der Waals surface area contributed by atoms with Crippen LogP contribution in [0.3, 0.4) is 0 Å². The van der Waals surface area contributed by atoms with E-state index in [0.717, 1.165) is 6.42 Å². The lowest BCUT2D eigenvalue weighted by Gasteiger charge is -1.94. The molecule has 0 amide bonds. The fourth-order valence-electron chi connectivity index (χ4n) is 0.538. The maximum Gasteiger partial charge on any atom is 0.333 e. The van der Waals surface area contributed by atoms with Crippen molar-refractivity contribution in [1.29, 1.82) is 0 Å². The van der Waals surface area contributed by atoms with Crippen LogP contribution in [0, 0.1) is 0 Å². The highest BCUT2D eigenvalue weighted by Gasteiger charge is 2.02. The van der Waals surface area contributed by atoms with E-state index >= 15 is 0 Å². The van der Waals surface area contributed by atoms with Crippen molar-refractivity contribution in [2.24, 2.45) is 0 Å². The Morgan fingerprint density at radius 2 is 2.20 bits per heavy atom. The van der Waals surface area contributed by atoms with Crippen LogP contribution in [0.5, 0.6) is 0 Å². The van der Waals surface area contributed by atoms with Gasteiger partial charge < -0.3 is 10.2 Å². The second-order valence-electron chi connectivity index (χ2n) is 1.98. The smallest absolute Gasteiger partial charge is 0.333 e. The first-order valence-corrected chi connectivity index (χ1v) is 3.25. The fourth-order valence-corrected chi connectivity index (χ4v) is 0.538. The number of hydrogen-bond donors (Lipinski definition) is 2. The minimum Gasteiger partial charge on any atom is -0.478 e. The summed E-state index contributed by atoms with van der Waals surface area (Å²) in [6.07, 6.45) is 3.15. The fraction of sp³-hybridized carbons (Fsp3) is 0.571. The Kier molecular flexibility index (Phi) is 4.58. The van der Waals surface area contributed by atoms with Gasteiger partial charge in [-0.05, 0) is 6.42 Å². The Balaban J connectivity index is 3.91. The van der Waals surface area contributed by atoms with E-state index in [-0.39, 0.29) is 12.2 Å². The molecule has 0 aromatic heterocycles. The monoisotopic (exact) mass is 144 g/mol. The normalized spacial score (nSPS) is 11.6. The Morgan fingerprint density at radius 1 is 1.60 bits per heavy atom. The first kappa shape index (κ1) is 9.17. The molecule has 0 saturated heterocycles. The SMILES string of the molecule is CCC/C=C(\CO)C(=O)O. The summed E-state index contributed by atoms with van der Waals surface area (Å²) in [5, 5.41) is 16.8. The molecule has 0 aromatic rings. The molecule has 0 radical (unpaired) electrons. The van der Waals surface area contributed by atoms with Crippen molar-refractivity contribution in [2.75, 3.05) is 6.61 Å². The zero-order valence-corrected chi connectivity index (χ0v) is 6.00. The van der Waals surface area contributed by atoms with Crippen LogP contribution in [0.25, 0.3) is 0 Å². The summed E-state index contributed by atoms with van der Waals surface area (Å²) in [4.78, 5) is 10.2. The highest BCUT2D eigenvalue weighted by Crippen LogP contribution is 1.97. The van der Waals surface area contributed by atoms with Crippen molar-refractivity contribution in [3.8, 4) is 0 Å². The number of carboxylic acid groups (broad SMARTS) is 1. The van der Waals surface area contributed by atoms with Gasteiger partial charge in [0.2, 0.25) is 0 Å². The van der Waals surface area contributed by atoms with Gasteiger partial charge in [0.15, 0.2) is 0 Å². The predicted octanol–water partition coefficient (Wildman–Crippen LogP) is 0.790. The van der Waals surface area contributed by atoms with Gasteiger partial charge in [0, 0.05) is 0 Å². The highest BCUT2D eigenvalue weighted by atomic mass is 16.4. The van der Waals surface area contributed by atoms with Crippen molar-refractivity contribution < 1.29 is 15.0 Å². The molecule has 0 rings (SSSR count). The van der Waals surface area contributed by atoms with Gasteiger partial charge in [-0.2, -0.15) is 0 Å². The van der Waals surface area contributed by atoms with Gasteiger partial charge in [0.25, 0.3) is 0 Å². The van der Waals surface area contributed by atoms with Crippen LogP contribution in [0.2, 0.25) is 0 Å². The third-order valence-electron chi connectivity index (χ3n) is 1.12. The molecule has 0 aliphatic carbocycles. The molecular weight excluding hydrogens is 132 g/mol. The van der Waals surface area contributed by atoms with Gasteiger partial charge in [-0.3, -0.25) is 0 Å². The summed E-state index contributed by atoms with van der Waals surface area (Å²) in [6.45, 7) is 1.57. The van der Waals surface area contributed by atoms with Crippen molar-refractivity contribution in [2.45, 2.75) is 19.8 Å². The van der Waals surface area contributed by atoms with Crippen molar-refractivity contribution >= 4 is 5.97 Å². The standard InChI is InChI=1S/C7H12O3/c1-2-3-4-6(5-8)7(9)10/h4,8H,2-3,5H2,1H3,(H,9,10)/b6-4+. The lowest BCUT2D eigenvalue weighted by Crippen LogP contribution is -2.04. The third kappa shape index (κ3) is 3.25. The second-order valence-corrected chi connectivity index (χ2v) is 1.98. The Bertz CT molecular complexity index is 138. The van der Waals surface area contributed by atoms with E-state index in [0.29, 0.717) is 6.42 Å². The molecule has 0 aliphatic heterocycles. The van der Waals surface area contributed by atoms with Gasteiger partial charge in [-0.15, -0.1) is 0 Å². The predicted molar refractivity (Wildman–Crippen MR) is 37.7 cm³/mol. The summed E-state index contributed by atoms with van der Waals surface area (Å²) >= 11 is 0. The summed E-state index contributed by atoms with van der Waals surface area (Å²) in [6, 6.07) is 0. The van der Waals surface area contributed by atoms with E-state index < -0.39 is 5.97 Å². The summed E-state index contributed by atoms with van der Waals surface area (Å²) in [7, 11) is 0. The largest absolute Gasteiger partial charge is 0.478 e. The van der Waals surface area contributed by atoms with Crippen LogP contribution < -0.4 is 0 Å². The molecule has 58 valence electrons. The number of aliphatic carboxylic acids is 1.